The lowest BCUT2D eigenvalue weighted by molar-refractivity contribution is 0.0602. The largest absolute Gasteiger partial charge is 0.368 e. The number of rotatable bonds is 4. The maximum Gasteiger partial charge on any atom is 0.273 e. The predicted molar refractivity (Wildman–Crippen MR) is 109 cm³/mol. The van der Waals surface area contributed by atoms with Crippen LogP contribution in [0.5, 0.6) is 0 Å². The average Bonchev–Trinajstić information content (AvgIpc) is 3.09. The van der Waals surface area contributed by atoms with Crippen molar-refractivity contribution in [2.75, 3.05) is 12.3 Å². The van der Waals surface area contributed by atoms with Crippen molar-refractivity contribution in [3.63, 3.8) is 0 Å². The molecule has 150 valence electrons. The van der Waals surface area contributed by atoms with Crippen LogP contribution >= 0.6 is 0 Å². The van der Waals surface area contributed by atoms with E-state index in [-0.39, 0.29) is 23.8 Å². The van der Waals surface area contributed by atoms with Gasteiger partial charge in [-0.2, -0.15) is 5.10 Å². The maximum absolute atomic E-state index is 13.5. The van der Waals surface area contributed by atoms with Gasteiger partial charge in [-0.25, -0.2) is 19.6 Å². The highest BCUT2D eigenvalue weighted by Gasteiger charge is 2.35. The molecule has 0 saturated heterocycles. The summed E-state index contributed by atoms with van der Waals surface area (Å²) in [6.07, 6.45) is 0.655. The van der Waals surface area contributed by atoms with Crippen LogP contribution in [0.2, 0.25) is 0 Å². The molecule has 8 nitrogen and oxygen atoms in total. The van der Waals surface area contributed by atoms with Gasteiger partial charge in [-0.15, -0.1) is 0 Å². The van der Waals surface area contributed by atoms with Gasteiger partial charge in [0.05, 0.1) is 12.6 Å². The van der Waals surface area contributed by atoms with E-state index in [9.17, 15) is 4.79 Å². The Labute approximate surface area is 169 Å². The maximum atomic E-state index is 13.5. The Morgan fingerprint density at radius 3 is 2.66 bits per heavy atom. The van der Waals surface area contributed by atoms with Crippen molar-refractivity contribution in [1.29, 1.82) is 0 Å². The van der Waals surface area contributed by atoms with Crippen LogP contribution in [-0.4, -0.2) is 42.1 Å². The summed E-state index contributed by atoms with van der Waals surface area (Å²) in [5.74, 6) is 1.63. The minimum Gasteiger partial charge on any atom is -0.368 e. The summed E-state index contributed by atoms with van der Waals surface area (Å²) in [4.78, 5) is 28.4. The van der Waals surface area contributed by atoms with Crippen LogP contribution in [0, 0.1) is 6.92 Å². The zero-order valence-corrected chi connectivity index (χ0v) is 16.9. The monoisotopic (exact) mass is 391 g/mol. The van der Waals surface area contributed by atoms with Crippen LogP contribution in [0.3, 0.4) is 0 Å². The van der Waals surface area contributed by atoms with E-state index in [1.807, 2.05) is 48.6 Å². The van der Waals surface area contributed by atoms with Gasteiger partial charge in [-0.3, -0.25) is 4.79 Å². The number of hydrogen-bond acceptors (Lipinski definition) is 6. The fourth-order valence-corrected chi connectivity index (χ4v) is 3.70. The van der Waals surface area contributed by atoms with Gasteiger partial charge in [0, 0.05) is 18.7 Å². The topological polar surface area (TPSA) is 103 Å². The lowest BCUT2D eigenvalue weighted by Gasteiger charge is -2.35. The number of benzene rings is 1. The third-order valence-electron chi connectivity index (χ3n) is 5.14. The van der Waals surface area contributed by atoms with E-state index in [0.717, 1.165) is 17.1 Å². The van der Waals surface area contributed by atoms with Crippen LogP contribution in [0.1, 0.15) is 59.2 Å². The van der Waals surface area contributed by atoms with E-state index >= 15 is 0 Å². The molecule has 1 atom stereocenters. The minimum atomic E-state index is -0.224. The van der Waals surface area contributed by atoms with Crippen molar-refractivity contribution in [2.24, 2.45) is 0 Å². The van der Waals surface area contributed by atoms with Crippen molar-refractivity contribution in [3.05, 3.63) is 65.0 Å². The molecule has 3 heterocycles. The number of carbonyl (C=O) groups is 1. The molecule has 1 amide bonds. The molecule has 8 heteroatoms. The van der Waals surface area contributed by atoms with Gasteiger partial charge in [0.25, 0.3) is 5.91 Å². The molecule has 1 aromatic carbocycles. The third kappa shape index (κ3) is 3.83. The number of anilines is 1. The molecule has 0 bridgehead atoms. The smallest absolute Gasteiger partial charge is 0.273 e. The summed E-state index contributed by atoms with van der Waals surface area (Å²) in [5, 5.41) is 4.48. The quantitative estimate of drug-likeness (QED) is 0.733. The Morgan fingerprint density at radius 1 is 1.17 bits per heavy atom. The summed E-state index contributed by atoms with van der Waals surface area (Å²) >= 11 is 0. The van der Waals surface area contributed by atoms with E-state index in [2.05, 4.69) is 32.2 Å². The first-order valence-corrected chi connectivity index (χ1v) is 9.83. The number of nitrogen functional groups attached to an aromatic ring is 1. The van der Waals surface area contributed by atoms with E-state index < -0.39 is 0 Å². The van der Waals surface area contributed by atoms with E-state index in [1.165, 1.54) is 0 Å². The second kappa shape index (κ2) is 7.62. The van der Waals surface area contributed by atoms with Gasteiger partial charge in [0.2, 0.25) is 5.95 Å². The van der Waals surface area contributed by atoms with Gasteiger partial charge in [-0.05, 0) is 24.5 Å². The molecule has 0 spiro atoms. The van der Waals surface area contributed by atoms with Crippen molar-refractivity contribution in [2.45, 2.75) is 45.7 Å². The van der Waals surface area contributed by atoms with Crippen molar-refractivity contribution in [1.82, 2.24) is 29.6 Å². The number of amides is 1. The first-order valence-electron chi connectivity index (χ1n) is 9.83. The SMILES string of the molecule is Cc1nc2n(n1)CCN(C(=O)c1cc(C(C)C)nc(N)n1)[C@H]2Cc1ccccc1. The van der Waals surface area contributed by atoms with Gasteiger partial charge < -0.3 is 10.6 Å². The molecule has 0 unspecified atom stereocenters. The highest BCUT2D eigenvalue weighted by molar-refractivity contribution is 5.93. The number of fused-ring (bicyclic) bond motifs is 1. The normalized spacial score (nSPS) is 16.1. The number of nitrogens with two attached hydrogens (primary N) is 1. The molecule has 2 N–H and O–H groups in total. The molecule has 3 aromatic rings. The summed E-state index contributed by atoms with van der Waals surface area (Å²) in [7, 11) is 0. The van der Waals surface area contributed by atoms with Crippen molar-refractivity contribution in [3.8, 4) is 0 Å². The Morgan fingerprint density at radius 2 is 1.93 bits per heavy atom. The molecule has 1 aliphatic rings. The molecular weight excluding hydrogens is 366 g/mol. The summed E-state index contributed by atoms with van der Waals surface area (Å²) < 4.78 is 1.90. The minimum absolute atomic E-state index is 0.121. The van der Waals surface area contributed by atoms with E-state index in [1.54, 1.807) is 6.07 Å². The molecule has 0 aliphatic carbocycles. The highest BCUT2D eigenvalue weighted by Crippen LogP contribution is 2.29. The van der Waals surface area contributed by atoms with Crippen LogP contribution in [0.4, 0.5) is 5.95 Å². The third-order valence-corrected chi connectivity index (χ3v) is 5.14. The van der Waals surface area contributed by atoms with Gasteiger partial charge >= 0.3 is 0 Å². The second-order valence-corrected chi connectivity index (χ2v) is 7.64. The standard InChI is InChI=1S/C21H25N7O/c1-13(2)16-12-17(25-21(22)24-16)20(29)27-9-10-28-19(23-14(3)26-28)18(27)11-15-7-5-4-6-8-15/h4-8,12-13,18H,9-11H2,1-3H3,(H2,22,24,25)/t18-/m0/s1. The van der Waals surface area contributed by atoms with Crippen LogP contribution in [0.25, 0.3) is 0 Å². The summed E-state index contributed by atoms with van der Waals surface area (Å²) in [5.41, 5.74) is 8.10. The van der Waals surface area contributed by atoms with Gasteiger partial charge in [0.1, 0.15) is 17.3 Å². The summed E-state index contributed by atoms with van der Waals surface area (Å²) in [6, 6.07) is 11.6. The molecule has 4 rings (SSSR count). The highest BCUT2D eigenvalue weighted by atomic mass is 16.2. The van der Waals surface area contributed by atoms with E-state index in [4.69, 9.17) is 5.73 Å². The molecular formula is C21H25N7O. The predicted octanol–water partition coefficient (Wildman–Crippen LogP) is 2.52. The van der Waals surface area contributed by atoms with E-state index in [0.29, 0.717) is 31.0 Å². The van der Waals surface area contributed by atoms with Gasteiger partial charge in [-0.1, -0.05) is 44.2 Å². The molecule has 29 heavy (non-hydrogen) atoms. The Balaban J connectivity index is 1.72. The zero-order chi connectivity index (χ0) is 20.5. The van der Waals surface area contributed by atoms with Crippen LogP contribution in [-0.2, 0) is 13.0 Å². The average molecular weight is 391 g/mol. The summed E-state index contributed by atoms with van der Waals surface area (Å²) in [6.45, 7) is 7.04. The van der Waals surface area contributed by atoms with Crippen LogP contribution in [0.15, 0.2) is 36.4 Å². The Bertz CT molecular complexity index is 1030. The lowest BCUT2D eigenvalue weighted by atomic mass is 10.0. The fourth-order valence-electron chi connectivity index (χ4n) is 3.70. The first kappa shape index (κ1) is 19.0. The van der Waals surface area contributed by atoms with Crippen LogP contribution < -0.4 is 5.73 Å². The fraction of sp³-hybridized carbons (Fsp3) is 0.381. The number of aromatic nitrogens is 5. The Hall–Kier alpha value is -3.29. The number of hydrogen-bond donors (Lipinski definition) is 1. The molecule has 1 aliphatic heterocycles. The van der Waals surface area contributed by atoms with Gasteiger partial charge in [0.15, 0.2) is 0 Å². The first-order chi connectivity index (χ1) is 13.9. The molecule has 2 aromatic heterocycles. The number of nitrogens with zero attached hydrogens (tertiary/aromatic N) is 6. The number of aryl methyl sites for hydroxylation is 1. The number of carbonyl (C=O) groups excluding carboxylic acids is 1. The van der Waals surface area contributed by atoms with Crippen molar-refractivity contribution >= 4 is 11.9 Å². The zero-order valence-electron chi connectivity index (χ0n) is 16.9. The molecule has 0 saturated carbocycles. The van der Waals surface area contributed by atoms with Crippen molar-refractivity contribution < 1.29 is 4.79 Å². The second-order valence-electron chi connectivity index (χ2n) is 7.64. The lowest BCUT2D eigenvalue weighted by Crippen LogP contribution is -2.44. The Kier molecular flexibility index (Phi) is 5.00. The molecule has 0 fully saturated rings. The molecule has 0 radical (unpaired) electrons.